The zero-order valence-corrected chi connectivity index (χ0v) is 26.2. The van der Waals surface area contributed by atoms with Gasteiger partial charge in [-0.3, -0.25) is 14.2 Å². The molecule has 10 nitrogen and oxygen atoms in total. The highest BCUT2D eigenvalue weighted by atomic mass is 31.2. The maximum Gasteiger partial charge on any atom is 0.306 e. The molecule has 0 radical (unpaired) electrons. The van der Waals surface area contributed by atoms with E-state index in [0.29, 0.717) is 36.7 Å². The molecule has 0 aromatic carbocycles. The number of phosphoric ester groups is 1. The number of likely N-dealkylation sites (N-methyl/N-ethyl adjacent to an activating group) is 1. The molecular formula is C30H50NO9P. The average Bonchev–Trinajstić information content (AvgIpc) is 2.87. The highest BCUT2D eigenvalue weighted by Crippen LogP contribution is 2.38. The van der Waals surface area contributed by atoms with E-state index in [4.69, 9.17) is 18.5 Å². The van der Waals surface area contributed by atoms with E-state index in [1.165, 1.54) is 6.92 Å². The Kier molecular flexibility index (Phi) is 21.9. The monoisotopic (exact) mass is 599 g/mol. The van der Waals surface area contributed by atoms with E-state index < -0.39 is 38.6 Å². The summed E-state index contributed by atoms with van der Waals surface area (Å²) in [4.78, 5) is 35.4. The molecule has 11 heteroatoms. The first-order valence-electron chi connectivity index (χ1n) is 14.0. The van der Waals surface area contributed by atoms with E-state index in [0.717, 1.165) is 12.8 Å². The number of unbranched alkanes of at least 4 members (excludes halogenated alkanes) is 1. The summed E-state index contributed by atoms with van der Waals surface area (Å²) in [7, 11) is 1.06. The quantitative estimate of drug-likeness (QED) is 0.0448. The van der Waals surface area contributed by atoms with Crippen molar-refractivity contribution in [2.75, 3.05) is 47.5 Å². The number of carbonyl (C=O) groups excluding carboxylic acids is 2. The molecule has 0 bridgehead atoms. The number of allylic oxidation sites excluding steroid dienone is 8. The van der Waals surface area contributed by atoms with Crippen molar-refractivity contribution in [1.82, 2.24) is 0 Å². The van der Waals surface area contributed by atoms with Gasteiger partial charge < -0.3 is 33.0 Å². The molecule has 1 N–H and O–H groups in total. The number of ether oxygens (including phenoxy) is 2. The van der Waals surface area contributed by atoms with Gasteiger partial charge in [-0.1, -0.05) is 67.7 Å². The molecule has 41 heavy (non-hydrogen) atoms. The van der Waals surface area contributed by atoms with Crippen LogP contribution < -0.4 is 4.89 Å². The minimum absolute atomic E-state index is 0.0583. The number of phosphoric acid groups is 1. The van der Waals surface area contributed by atoms with Crippen molar-refractivity contribution in [2.24, 2.45) is 0 Å². The van der Waals surface area contributed by atoms with E-state index in [2.05, 4.69) is 19.1 Å². The van der Waals surface area contributed by atoms with E-state index in [-0.39, 0.29) is 19.6 Å². The topological polar surface area (TPSA) is 131 Å². The third-order valence-corrected chi connectivity index (χ3v) is 6.15. The minimum atomic E-state index is -4.61. The van der Waals surface area contributed by atoms with Crippen LogP contribution in [-0.2, 0) is 32.7 Å². The number of aliphatic hydroxyl groups excluding tert-OH is 1. The van der Waals surface area contributed by atoms with Crippen molar-refractivity contribution in [1.29, 1.82) is 0 Å². The number of hydrogen-bond acceptors (Lipinski definition) is 9. The summed E-state index contributed by atoms with van der Waals surface area (Å²) < 4.78 is 32.3. The van der Waals surface area contributed by atoms with Crippen molar-refractivity contribution in [2.45, 2.75) is 71.0 Å². The molecule has 2 unspecified atom stereocenters. The standard InChI is InChI=1S/C30H50NO9P/c1-6-7-8-9-14-17-20-28(33)21-18-15-12-10-11-13-16-19-22-30(34)40-29(25-37-27(2)32)26-39-41(35,36)38-24-23-31(3,4)5/h7-8,11-15,17-18,21,28-29,33H,6,9-10,16,19-20,22-26H2,1-5H3/b8-7-,13-11-,15-12-,17-14-,21-18+/t28?,29-/m1/s1. The Morgan fingerprint density at radius 2 is 1.63 bits per heavy atom. The predicted octanol–water partition coefficient (Wildman–Crippen LogP) is 4.56. The zero-order valence-electron chi connectivity index (χ0n) is 25.3. The first kappa shape index (κ1) is 38.7. The Morgan fingerprint density at radius 3 is 2.32 bits per heavy atom. The molecule has 0 amide bonds. The highest BCUT2D eigenvalue weighted by molar-refractivity contribution is 7.45. The van der Waals surface area contributed by atoms with Gasteiger partial charge in [-0.05, 0) is 38.5 Å². The molecule has 0 heterocycles. The summed E-state index contributed by atoms with van der Waals surface area (Å²) in [5, 5.41) is 9.92. The molecule has 0 rings (SSSR count). The van der Waals surface area contributed by atoms with Crippen LogP contribution in [0.3, 0.4) is 0 Å². The molecule has 0 aliphatic heterocycles. The van der Waals surface area contributed by atoms with Crippen LogP contribution >= 0.6 is 7.82 Å². The molecule has 0 aliphatic rings. The van der Waals surface area contributed by atoms with Crippen molar-refractivity contribution in [3.8, 4) is 0 Å². The van der Waals surface area contributed by atoms with Crippen LogP contribution in [0.25, 0.3) is 0 Å². The lowest BCUT2D eigenvalue weighted by atomic mass is 10.2. The summed E-state index contributed by atoms with van der Waals surface area (Å²) in [5.74, 6) is -1.15. The van der Waals surface area contributed by atoms with Crippen molar-refractivity contribution in [3.05, 3.63) is 60.8 Å². The number of esters is 2. The van der Waals surface area contributed by atoms with E-state index >= 15 is 0 Å². The van der Waals surface area contributed by atoms with Gasteiger partial charge in [-0.15, -0.1) is 0 Å². The van der Waals surface area contributed by atoms with Gasteiger partial charge in [0.05, 0.1) is 33.9 Å². The fourth-order valence-electron chi connectivity index (χ4n) is 2.97. The van der Waals surface area contributed by atoms with Gasteiger partial charge in [-0.25, -0.2) is 0 Å². The Hall–Kier alpha value is -2.33. The van der Waals surface area contributed by atoms with Crippen LogP contribution in [0.4, 0.5) is 0 Å². The first-order chi connectivity index (χ1) is 19.3. The van der Waals surface area contributed by atoms with Crippen LogP contribution in [0, 0.1) is 0 Å². The van der Waals surface area contributed by atoms with Crippen LogP contribution in [0.15, 0.2) is 60.8 Å². The lowest BCUT2D eigenvalue weighted by Crippen LogP contribution is -2.37. The second kappa shape index (κ2) is 23.3. The molecule has 234 valence electrons. The number of nitrogens with zero attached hydrogens (tertiary/aromatic N) is 1. The number of carbonyl (C=O) groups is 2. The molecule has 0 spiro atoms. The van der Waals surface area contributed by atoms with Gasteiger partial charge in [0.25, 0.3) is 7.82 Å². The van der Waals surface area contributed by atoms with Crippen LogP contribution in [0.1, 0.15) is 58.8 Å². The normalized spacial score (nSPS) is 15.8. The third-order valence-electron chi connectivity index (χ3n) is 5.19. The Bertz CT molecular complexity index is 919. The van der Waals surface area contributed by atoms with E-state index in [1.54, 1.807) is 6.08 Å². The van der Waals surface area contributed by atoms with Crippen LogP contribution in [0.5, 0.6) is 0 Å². The summed E-state index contributed by atoms with van der Waals surface area (Å²) in [6.07, 6.45) is 22.4. The number of rotatable bonds is 23. The third kappa shape index (κ3) is 27.6. The van der Waals surface area contributed by atoms with Gasteiger partial charge >= 0.3 is 11.9 Å². The smallest absolute Gasteiger partial charge is 0.306 e. The fourth-order valence-corrected chi connectivity index (χ4v) is 3.70. The van der Waals surface area contributed by atoms with Crippen molar-refractivity contribution >= 4 is 19.8 Å². The van der Waals surface area contributed by atoms with Crippen molar-refractivity contribution < 1.29 is 47.2 Å². The molecule has 3 atom stereocenters. The average molecular weight is 600 g/mol. The van der Waals surface area contributed by atoms with Gasteiger partial charge in [0.1, 0.15) is 19.8 Å². The second-order valence-corrected chi connectivity index (χ2v) is 11.7. The SMILES string of the molecule is CC/C=C\C/C=C\CC(O)/C=C/C=C\C/C=C\CCCC(=O)O[C@H](COC(C)=O)COP(=O)([O-])OCC[N+](C)(C)C. The molecule has 0 fully saturated rings. The minimum Gasteiger partial charge on any atom is -0.756 e. The lowest BCUT2D eigenvalue weighted by molar-refractivity contribution is -0.870. The van der Waals surface area contributed by atoms with Gasteiger partial charge in [0, 0.05) is 13.3 Å². The number of hydrogen-bond donors (Lipinski definition) is 1. The van der Waals surface area contributed by atoms with Gasteiger partial charge in [-0.2, -0.15) is 0 Å². The van der Waals surface area contributed by atoms with Crippen LogP contribution in [0.2, 0.25) is 0 Å². The summed E-state index contributed by atoms with van der Waals surface area (Å²) in [6.45, 7) is 2.83. The fraction of sp³-hybridized carbons (Fsp3) is 0.600. The van der Waals surface area contributed by atoms with E-state index in [9.17, 15) is 24.2 Å². The predicted molar refractivity (Wildman–Crippen MR) is 159 cm³/mol. The van der Waals surface area contributed by atoms with E-state index in [1.807, 2.05) is 63.7 Å². The second-order valence-electron chi connectivity index (χ2n) is 10.3. The zero-order chi connectivity index (χ0) is 31.0. The maximum atomic E-state index is 12.2. The van der Waals surface area contributed by atoms with Gasteiger partial charge in [0.15, 0.2) is 6.10 Å². The molecule has 0 aromatic heterocycles. The van der Waals surface area contributed by atoms with Crippen molar-refractivity contribution in [3.63, 3.8) is 0 Å². The largest absolute Gasteiger partial charge is 0.756 e. The molecular weight excluding hydrogens is 549 g/mol. The highest BCUT2D eigenvalue weighted by Gasteiger charge is 2.21. The summed E-state index contributed by atoms with van der Waals surface area (Å²) in [6, 6.07) is 0. The Balaban J connectivity index is 4.32. The Labute approximate surface area is 246 Å². The number of aliphatic hydroxyl groups is 1. The molecule has 0 aliphatic carbocycles. The summed E-state index contributed by atoms with van der Waals surface area (Å²) >= 11 is 0. The van der Waals surface area contributed by atoms with Gasteiger partial charge in [0.2, 0.25) is 0 Å². The molecule has 0 aromatic rings. The first-order valence-corrected chi connectivity index (χ1v) is 15.5. The molecule has 0 saturated heterocycles. The maximum absolute atomic E-state index is 12.2. The lowest BCUT2D eigenvalue weighted by Gasteiger charge is -2.28. The molecule has 0 saturated carbocycles. The summed E-state index contributed by atoms with van der Waals surface area (Å²) in [5.41, 5.74) is 0. The van der Waals surface area contributed by atoms with Crippen LogP contribution in [-0.4, -0.2) is 81.2 Å². The Morgan fingerprint density at radius 1 is 0.951 bits per heavy atom. The number of quaternary nitrogens is 1.